The molecule has 17 heavy (non-hydrogen) atoms. The molecule has 0 aliphatic rings. The van der Waals surface area contributed by atoms with Gasteiger partial charge in [-0.25, -0.2) is 9.97 Å². The van der Waals surface area contributed by atoms with Crippen molar-refractivity contribution >= 4 is 33.5 Å². The van der Waals surface area contributed by atoms with Crippen LogP contribution >= 0.6 is 15.9 Å². The SMILES string of the molecule is CCCNC(=O)CCNc1ncnc(N)c1Br. The van der Waals surface area contributed by atoms with Gasteiger partial charge in [0, 0.05) is 19.5 Å². The Balaban J connectivity index is 2.36. The van der Waals surface area contributed by atoms with Gasteiger partial charge < -0.3 is 16.4 Å². The molecule has 0 unspecified atom stereocenters. The zero-order valence-corrected chi connectivity index (χ0v) is 11.2. The van der Waals surface area contributed by atoms with Gasteiger partial charge in [0.1, 0.15) is 22.4 Å². The predicted molar refractivity (Wildman–Crippen MR) is 70.6 cm³/mol. The maximum absolute atomic E-state index is 11.3. The van der Waals surface area contributed by atoms with Crippen LogP contribution in [0.3, 0.4) is 0 Å². The maximum Gasteiger partial charge on any atom is 0.221 e. The van der Waals surface area contributed by atoms with Crippen LogP contribution in [0.2, 0.25) is 0 Å². The molecule has 4 N–H and O–H groups in total. The molecule has 0 bridgehead atoms. The van der Waals surface area contributed by atoms with E-state index in [-0.39, 0.29) is 5.91 Å². The fourth-order valence-corrected chi connectivity index (χ4v) is 1.50. The average Bonchev–Trinajstić information content (AvgIpc) is 2.32. The van der Waals surface area contributed by atoms with E-state index in [1.807, 2.05) is 6.92 Å². The first-order valence-electron chi connectivity index (χ1n) is 5.41. The highest BCUT2D eigenvalue weighted by atomic mass is 79.9. The third-order valence-corrected chi connectivity index (χ3v) is 2.81. The van der Waals surface area contributed by atoms with Crippen molar-refractivity contribution in [1.82, 2.24) is 15.3 Å². The lowest BCUT2D eigenvalue weighted by Gasteiger charge is -2.08. The number of amides is 1. The number of nitrogens with two attached hydrogens (primary N) is 1. The molecule has 0 aromatic carbocycles. The first-order chi connectivity index (χ1) is 8.15. The third-order valence-electron chi connectivity index (χ3n) is 2.03. The second-order valence-electron chi connectivity index (χ2n) is 3.45. The molecule has 1 rings (SSSR count). The largest absolute Gasteiger partial charge is 0.383 e. The fourth-order valence-electron chi connectivity index (χ4n) is 1.15. The van der Waals surface area contributed by atoms with Gasteiger partial charge in [-0.2, -0.15) is 0 Å². The molecule has 0 saturated heterocycles. The van der Waals surface area contributed by atoms with Crippen molar-refractivity contribution in [3.05, 3.63) is 10.8 Å². The molecule has 0 aliphatic heterocycles. The summed E-state index contributed by atoms with van der Waals surface area (Å²) in [6.07, 6.45) is 2.71. The van der Waals surface area contributed by atoms with Crippen molar-refractivity contribution in [2.45, 2.75) is 19.8 Å². The Morgan fingerprint density at radius 2 is 2.24 bits per heavy atom. The summed E-state index contributed by atoms with van der Waals surface area (Å²) in [5.41, 5.74) is 5.60. The van der Waals surface area contributed by atoms with Crippen LogP contribution in [0, 0.1) is 0 Å². The van der Waals surface area contributed by atoms with Crippen LogP contribution in [0.4, 0.5) is 11.6 Å². The van der Waals surface area contributed by atoms with E-state index < -0.39 is 0 Å². The molecule has 0 fully saturated rings. The third kappa shape index (κ3) is 4.56. The molecule has 0 aliphatic carbocycles. The molecule has 0 saturated carbocycles. The van der Waals surface area contributed by atoms with Crippen LogP contribution in [0.25, 0.3) is 0 Å². The van der Waals surface area contributed by atoms with Crippen LogP contribution in [0.15, 0.2) is 10.8 Å². The summed E-state index contributed by atoms with van der Waals surface area (Å²) >= 11 is 3.28. The standard InChI is InChI=1S/C10H16BrN5O/c1-2-4-13-7(17)3-5-14-10-8(11)9(12)15-6-16-10/h6H,2-5H2,1H3,(H,13,17)(H3,12,14,15,16). The number of halogens is 1. The van der Waals surface area contributed by atoms with Crippen molar-refractivity contribution in [3.63, 3.8) is 0 Å². The van der Waals surface area contributed by atoms with Gasteiger partial charge in [0.15, 0.2) is 0 Å². The molecule has 1 aromatic rings. The lowest BCUT2D eigenvalue weighted by Crippen LogP contribution is -2.26. The Bertz CT molecular complexity index is 385. The maximum atomic E-state index is 11.3. The van der Waals surface area contributed by atoms with Crippen molar-refractivity contribution in [3.8, 4) is 0 Å². The van der Waals surface area contributed by atoms with Crippen molar-refractivity contribution in [1.29, 1.82) is 0 Å². The summed E-state index contributed by atoms with van der Waals surface area (Å²) in [4.78, 5) is 19.2. The predicted octanol–water partition coefficient (Wildman–Crippen LogP) is 1.15. The molecule has 6 nitrogen and oxygen atoms in total. The minimum Gasteiger partial charge on any atom is -0.383 e. The molecule has 1 amide bonds. The van der Waals surface area contributed by atoms with E-state index in [0.29, 0.717) is 35.6 Å². The van der Waals surface area contributed by atoms with Gasteiger partial charge in [-0.15, -0.1) is 0 Å². The lowest BCUT2D eigenvalue weighted by molar-refractivity contribution is -0.120. The molecular formula is C10H16BrN5O. The van der Waals surface area contributed by atoms with Gasteiger partial charge >= 0.3 is 0 Å². The van der Waals surface area contributed by atoms with Crippen LogP contribution in [-0.4, -0.2) is 29.0 Å². The first-order valence-corrected chi connectivity index (χ1v) is 6.21. The van der Waals surface area contributed by atoms with Crippen LogP contribution < -0.4 is 16.4 Å². The van der Waals surface area contributed by atoms with Gasteiger partial charge in [-0.1, -0.05) is 6.92 Å². The van der Waals surface area contributed by atoms with E-state index in [9.17, 15) is 4.79 Å². The summed E-state index contributed by atoms with van der Waals surface area (Å²) in [7, 11) is 0. The van der Waals surface area contributed by atoms with E-state index in [1.54, 1.807) is 0 Å². The Kier molecular flexibility index (Phi) is 5.68. The number of nitrogens with zero attached hydrogens (tertiary/aromatic N) is 2. The molecular weight excluding hydrogens is 286 g/mol. The zero-order chi connectivity index (χ0) is 12.7. The van der Waals surface area contributed by atoms with E-state index in [2.05, 4.69) is 36.5 Å². The quantitative estimate of drug-likeness (QED) is 0.733. The van der Waals surface area contributed by atoms with Crippen LogP contribution in [-0.2, 0) is 4.79 Å². The topological polar surface area (TPSA) is 92.9 Å². The Morgan fingerprint density at radius 3 is 2.94 bits per heavy atom. The molecule has 1 heterocycles. The zero-order valence-electron chi connectivity index (χ0n) is 9.66. The number of carbonyl (C=O) groups excluding carboxylic acids is 1. The second kappa shape index (κ2) is 7.05. The number of nitrogen functional groups attached to an aromatic ring is 1. The number of hydrogen-bond acceptors (Lipinski definition) is 5. The van der Waals surface area contributed by atoms with Crippen molar-refractivity contribution in [2.75, 3.05) is 24.1 Å². The minimum absolute atomic E-state index is 0.0255. The Hall–Kier alpha value is -1.37. The first kappa shape index (κ1) is 13.7. The average molecular weight is 302 g/mol. The summed E-state index contributed by atoms with van der Waals surface area (Å²) in [5.74, 6) is 0.997. The number of rotatable bonds is 6. The molecule has 1 aromatic heterocycles. The highest BCUT2D eigenvalue weighted by Crippen LogP contribution is 2.23. The summed E-state index contributed by atoms with van der Waals surface area (Å²) in [6, 6.07) is 0. The highest BCUT2D eigenvalue weighted by molar-refractivity contribution is 9.10. The molecule has 0 spiro atoms. The van der Waals surface area contributed by atoms with Crippen LogP contribution in [0.1, 0.15) is 19.8 Å². The van der Waals surface area contributed by atoms with E-state index >= 15 is 0 Å². The Morgan fingerprint density at radius 1 is 1.47 bits per heavy atom. The number of aromatic nitrogens is 2. The van der Waals surface area contributed by atoms with Crippen molar-refractivity contribution in [2.24, 2.45) is 0 Å². The normalized spacial score (nSPS) is 10.0. The molecule has 0 atom stereocenters. The minimum atomic E-state index is 0.0255. The fraction of sp³-hybridized carbons (Fsp3) is 0.500. The summed E-state index contributed by atoms with van der Waals surface area (Å²) < 4.78 is 0.619. The Labute approximate surface area is 109 Å². The van der Waals surface area contributed by atoms with E-state index in [1.165, 1.54) is 6.33 Å². The van der Waals surface area contributed by atoms with Crippen LogP contribution in [0.5, 0.6) is 0 Å². The highest BCUT2D eigenvalue weighted by Gasteiger charge is 2.06. The molecule has 0 radical (unpaired) electrons. The van der Waals surface area contributed by atoms with Gasteiger partial charge in [-0.05, 0) is 22.4 Å². The van der Waals surface area contributed by atoms with E-state index in [4.69, 9.17) is 5.73 Å². The van der Waals surface area contributed by atoms with Gasteiger partial charge in [0.05, 0.1) is 0 Å². The molecule has 7 heteroatoms. The summed E-state index contributed by atoms with van der Waals surface area (Å²) in [5, 5.41) is 5.82. The smallest absolute Gasteiger partial charge is 0.221 e. The number of carbonyl (C=O) groups is 1. The number of hydrogen-bond donors (Lipinski definition) is 3. The summed E-state index contributed by atoms with van der Waals surface area (Å²) in [6.45, 7) is 3.23. The monoisotopic (exact) mass is 301 g/mol. The van der Waals surface area contributed by atoms with E-state index in [0.717, 1.165) is 6.42 Å². The number of nitrogens with one attached hydrogen (secondary N) is 2. The lowest BCUT2D eigenvalue weighted by atomic mass is 10.3. The number of anilines is 2. The second-order valence-corrected chi connectivity index (χ2v) is 4.24. The van der Waals surface area contributed by atoms with Crippen molar-refractivity contribution < 1.29 is 4.79 Å². The molecule has 94 valence electrons. The van der Waals surface area contributed by atoms with Gasteiger partial charge in [-0.3, -0.25) is 4.79 Å². The van der Waals surface area contributed by atoms with Gasteiger partial charge in [0.25, 0.3) is 0 Å². The van der Waals surface area contributed by atoms with Gasteiger partial charge in [0.2, 0.25) is 5.91 Å².